The normalized spacial score (nSPS) is 17.2. The number of hydrazine groups is 1. The minimum Gasteiger partial charge on any atom is -0.373 e. The Kier molecular flexibility index (Phi) is 2.90. The molecule has 1 unspecified atom stereocenters. The Balaban J connectivity index is 2.46. The summed E-state index contributed by atoms with van der Waals surface area (Å²) in [6.45, 7) is 4.80. The van der Waals surface area contributed by atoms with E-state index in [1.165, 1.54) is 18.5 Å². The maximum absolute atomic E-state index is 9.69. The predicted molar refractivity (Wildman–Crippen MR) is 59.7 cm³/mol. The van der Waals surface area contributed by atoms with Crippen molar-refractivity contribution in [2.24, 2.45) is 5.84 Å². The molecule has 0 aliphatic carbocycles. The Bertz CT molecular complexity index is 370. The standard InChI is InChI=1S/C11H17N3O/c1-2-10-9(11(15)13-12)7-8-5-3-4-6-14(8)10/h2,7,11,13,15H,1,3-6,12H2. The van der Waals surface area contributed by atoms with Crippen molar-refractivity contribution in [1.82, 2.24) is 9.99 Å². The molecule has 0 saturated heterocycles. The van der Waals surface area contributed by atoms with Crippen LogP contribution in [0, 0.1) is 0 Å². The first-order valence-corrected chi connectivity index (χ1v) is 5.27. The van der Waals surface area contributed by atoms with Crippen molar-refractivity contribution in [2.45, 2.75) is 32.0 Å². The van der Waals surface area contributed by atoms with E-state index in [0.29, 0.717) is 0 Å². The summed E-state index contributed by atoms with van der Waals surface area (Å²) < 4.78 is 2.21. The van der Waals surface area contributed by atoms with E-state index in [-0.39, 0.29) is 0 Å². The highest BCUT2D eigenvalue weighted by atomic mass is 16.3. The molecule has 0 radical (unpaired) electrons. The van der Waals surface area contributed by atoms with Gasteiger partial charge in [-0.15, -0.1) is 0 Å². The van der Waals surface area contributed by atoms with Crippen LogP contribution in [0.15, 0.2) is 12.6 Å². The molecule has 1 aromatic rings. The number of rotatable bonds is 3. The van der Waals surface area contributed by atoms with E-state index in [0.717, 1.165) is 24.2 Å². The molecule has 0 amide bonds. The summed E-state index contributed by atoms with van der Waals surface area (Å²) in [6.07, 6.45) is 4.44. The van der Waals surface area contributed by atoms with Gasteiger partial charge in [0.15, 0.2) is 0 Å². The summed E-state index contributed by atoms with van der Waals surface area (Å²) >= 11 is 0. The number of aliphatic hydroxyl groups excluding tert-OH is 1. The van der Waals surface area contributed by atoms with Gasteiger partial charge in [-0.2, -0.15) is 0 Å². The van der Waals surface area contributed by atoms with Crippen molar-refractivity contribution in [2.75, 3.05) is 0 Å². The average Bonchev–Trinajstić information content (AvgIpc) is 2.66. The first kappa shape index (κ1) is 10.4. The van der Waals surface area contributed by atoms with Crippen molar-refractivity contribution in [3.63, 3.8) is 0 Å². The molecule has 2 heterocycles. The van der Waals surface area contributed by atoms with E-state index in [1.807, 2.05) is 6.07 Å². The summed E-state index contributed by atoms with van der Waals surface area (Å²) in [5, 5.41) is 9.69. The molecule has 1 aliphatic heterocycles. The van der Waals surface area contributed by atoms with Crippen molar-refractivity contribution in [1.29, 1.82) is 0 Å². The zero-order valence-corrected chi connectivity index (χ0v) is 8.74. The van der Waals surface area contributed by atoms with Crippen LogP contribution in [0.3, 0.4) is 0 Å². The van der Waals surface area contributed by atoms with Gasteiger partial charge in [-0.3, -0.25) is 5.84 Å². The quantitative estimate of drug-likeness (QED) is 0.392. The molecule has 0 aromatic carbocycles. The summed E-state index contributed by atoms with van der Waals surface area (Å²) in [4.78, 5) is 0. The van der Waals surface area contributed by atoms with Gasteiger partial charge in [0.2, 0.25) is 0 Å². The second-order valence-corrected chi connectivity index (χ2v) is 3.86. The lowest BCUT2D eigenvalue weighted by molar-refractivity contribution is 0.140. The minimum atomic E-state index is -0.809. The maximum Gasteiger partial charge on any atom is 0.145 e. The van der Waals surface area contributed by atoms with E-state index >= 15 is 0 Å². The summed E-state index contributed by atoms with van der Waals surface area (Å²) in [7, 11) is 0. The highest BCUT2D eigenvalue weighted by Gasteiger charge is 2.19. The molecule has 82 valence electrons. The number of aromatic nitrogens is 1. The summed E-state index contributed by atoms with van der Waals surface area (Å²) in [6, 6.07) is 2.01. The first-order valence-electron chi connectivity index (χ1n) is 5.27. The zero-order chi connectivity index (χ0) is 10.8. The third-order valence-corrected chi connectivity index (χ3v) is 2.97. The van der Waals surface area contributed by atoms with Gasteiger partial charge in [-0.25, -0.2) is 5.43 Å². The van der Waals surface area contributed by atoms with Crippen molar-refractivity contribution < 1.29 is 5.11 Å². The Hall–Kier alpha value is -1.10. The fourth-order valence-corrected chi connectivity index (χ4v) is 2.23. The number of aliphatic hydroxyl groups is 1. The number of hydrogen-bond acceptors (Lipinski definition) is 3. The second-order valence-electron chi connectivity index (χ2n) is 3.86. The van der Waals surface area contributed by atoms with E-state index < -0.39 is 6.23 Å². The molecule has 0 spiro atoms. The Morgan fingerprint density at radius 3 is 3.07 bits per heavy atom. The minimum absolute atomic E-state index is 0.809. The zero-order valence-electron chi connectivity index (χ0n) is 8.74. The van der Waals surface area contributed by atoms with Gasteiger partial charge in [0.1, 0.15) is 6.23 Å². The number of aryl methyl sites for hydroxylation is 1. The maximum atomic E-state index is 9.69. The Morgan fingerprint density at radius 1 is 1.60 bits per heavy atom. The molecule has 0 saturated carbocycles. The van der Waals surface area contributed by atoms with Crippen LogP contribution in [0.5, 0.6) is 0 Å². The van der Waals surface area contributed by atoms with Crippen LogP contribution in [0.4, 0.5) is 0 Å². The van der Waals surface area contributed by atoms with Gasteiger partial charge < -0.3 is 9.67 Å². The predicted octanol–water partition coefficient (Wildman–Crippen LogP) is 0.922. The lowest BCUT2D eigenvalue weighted by Gasteiger charge is -2.17. The van der Waals surface area contributed by atoms with Crippen molar-refractivity contribution in [3.8, 4) is 0 Å². The van der Waals surface area contributed by atoms with Gasteiger partial charge in [0.25, 0.3) is 0 Å². The first-order chi connectivity index (χ1) is 7.27. The third kappa shape index (κ3) is 1.71. The molecule has 4 nitrogen and oxygen atoms in total. The molecule has 1 aromatic heterocycles. The number of hydrogen-bond donors (Lipinski definition) is 3. The van der Waals surface area contributed by atoms with E-state index in [2.05, 4.69) is 16.6 Å². The van der Waals surface area contributed by atoms with Gasteiger partial charge >= 0.3 is 0 Å². The van der Waals surface area contributed by atoms with Crippen LogP contribution in [-0.4, -0.2) is 9.67 Å². The number of fused-ring (bicyclic) bond motifs is 1. The Labute approximate surface area is 89.4 Å². The van der Waals surface area contributed by atoms with Crippen LogP contribution in [-0.2, 0) is 13.0 Å². The van der Waals surface area contributed by atoms with Gasteiger partial charge in [-0.05, 0) is 31.4 Å². The SMILES string of the molecule is C=Cc1c(C(O)NN)cc2n1CCCC2. The molecule has 4 N–H and O–H groups in total. The fourth-order valence-electron chi connectivity index (χ4n) is 2.23. The largest absolute Gasteiger partial charge is 0.373 e. The molecule has 1 atom stereocenters. The Morgan fingerprint density at radius 2 is 2.40 bits per heavy atom. The molecular weight excluding hydrogens is 190 g/mol. The second kappa shape index (κ2) is 4.18. The van der Waals surface area contributed by atoms with Crippen LogP contribution >= 0.6 is 0 Å². The van der Waals surface area contributed by atoms with Crippen molar-refractivity contribution >= 4 is 6.08 Å². The van der Waals surface area contributed by atoms with Gasteiger partial charge in [0, 0.05) is 23.5 Å². The molecule has 0 bridgehead atoms. The third-order valence-electron chi connectivity index (χ3n) is 2.97. The molecule has 15 heavy (non-hydrogen) atoms. The van der Waals surface area contributed by atoms with Gasteiger partial charge in [0.05, 0.1) is 0 Å². The van der Waals surface area contributed by atoms with Gasteiger partial charge in [-0.1, -0.05) is 6.58 Å². The highest BCUT2D eigenvalue weighted by Crippen LogP contribution is 2.26. The molecule has 0 fully saturated rings. The van der Waals surface area contributed by atoms with Crippen LogP contribution < -0.4 is 11.3 Å². The average molecular weight is 207 g/mol. The summed E-state index contributed by atoms with van der Waals surface area (Å²) in [5.41, 5.74) is 5.43. The van der Waals surface area contributed by atoms with Crippen LogP contribution in [0.1, 0.15) is 36.0 Å². The highest BCUT2D eigenvalue weighted by molar-refractivity contribution is 5.51. The number of nitrogens with one attached hydrogen (secondary N) is 1. The fraction of sp³-hybridized carbons (Fsp3) is 0.455. The van der Waals surface area contributed by atoms with Crippen LogP contribution in [0.25, 0.3) is 6.08 Å². The topological polar surface area (TPSA) is 63.2 Å². The smallest absolute Gasteiger partial charge is 0.145 e. The summed E-state index contributed by atoms with van der Waals surface area (Å²) in [5.74, 6) is 5.24. The lowest BCUT2D eigenvalue weighted by atomic mass is 10.1. The van der Waals surface area contributed by atoms with E-state index in [4.69, 9.17) is 5.84 Å². The van der Waals surface area contributed by atoms with E-state index in [9.17, 15) is 5.11 Å². The number of nitrogens with zero attached hydrogens (tertiary/aromatic N) is 1. The van der Waals surface area contributed by atoms with Crippen LogP contribution in [0.2, 0.25) is 0 Å². The monoisotopic (exact) mass is 207 g/mol. The molecule has 4 heteroatoms. The van der Waals surface area contributed by atoms with E-state index in [1.54, 1.807) is 6.08 Å². The van der Waals surface area contributed by atoms with Crippen molar-refractivity contribution in [3.05, 3.63) is 29.6 Å². The number of nitrogens with two attached hydrogens (primary N) is 1. The lowest BCUT2D eigenvalue weighted by Crippen LogP contribution is -2.27. The molecular formula is C11H17N3O. The molecule has 1 aliphatic rings. The molecule has 2 rings (SSSR count).